The lowest BCUT2D eigenvalue weighted by atomic mass is 10.1. The van der Waals surface area contributed by atoms with Gasteiger partial charge in [0.1, 0.15) is 5.75 Å². The summed E-state index contributed by atoms with van der Waals surface area (Å²) >= 11 is 0. The lowest BCUT2D eigenvalue weighted by molar-refractivity contribution is 0.0929. The third-order valence-electron chi connectivity index (χ3n) is 4.90. The molecule has 162 valence electrons. The monoisotopic (exact) mass is 418 g/mol. The zero-order chi connectivity index (χ0) is 21.9. The van der Waals surface area contributed by atoms with Crippen LogP contribution in [0.25, 0.3) is 0 Å². The van der Waals surface area contributed by atoms with Crippen molar-refractivity contribution in [3.63, 3.8) is 0 Å². The number of ether oxygens (including phenoxy) is 1. The molecule has 0 aliphatic rings. The molecular weight excluding hydrogens is 388 g/mol. The van der Waals surface area contributed by atoms with Crippen LogP contribution < -0.4 is 20.7 Å². The number of hydrogen-bond donors (Lipinski definition) is 3. The van der Waals surface area contributed by atoms with Gasteiger partial charge in [0, 0.05) is 23.9 Å². The first kappa shape index (κ1) is 22.3. The summed E-state index contributed by atoms with van der Waals surface area (Å²) in [6, 6.07) is 19.2. The van der Waals surface area contributed by atoms with E-state index in [1.807, 2.05) is 60.7 Å². The highest BCUT2D eigenvalue weighted by Gasteiger charge is 2.14. The summed E-state index contributed by atoms with van der Waals surface area (Å²) in [4.78, 5) is 17.0. The SMILES string of the molecule is CCCCN[C@@H](Cc1cccc(OC)c1)NC(=O)c1ccc(Nc2cccnc2)cc1. The molecule has 0 saturated carbocycles. The summed E-state index contributed by atoms with van der Waals surface area (Å²) in [6.07, 6.45) is 6.14. The number of hydrogen-bond acceptors (Lipinski definition) is 5. The van der Waals surface area contributed by atoms with Crippen LogP contribution in [0.2, 0.25) is 0 Å². The number of unbranched alkanes of at least 4 members (excludes halogenated alkanes) is 1. The molecule has 0 unspecified atom stereocenters. The number of benzene rings is 2. The predicted octanol–water partition coefficient (Wildman–Crippen LogP) is 4.52. The minimum Gasteiger partial charge on any atom is -0.497 e. The number of carbonyl (C=O) groups is 1. The van der Waals surface area contributed by atoms with E-state index in [2.05, 4.69) is 27.9 Å². The molecule has 31 heavy (non-hydrogen) atoms. The highest BCUT2D eigenvalue weighted by atomic mass is 16.5. The Kier molecular flexibility index (Phi) is 8.43. The van der Waals surface area contributed by atoms with Crippen LogP contribution >= 0.6 is 0 Å². The molecule has 3 N–H and O–H groups in total. The second kappa shape index (κ2) is 11.7. The van der Waals surface area contributed by atoms with Crippen molar-refractivity contribution in [1.82, 2.24) is 15.6 Å². The first-order valence-electron chi connectivity index (χ1n) is 10.6. The van der Waals surface area contributed by atoms with Crippen LogP contribution in [0.4, 0.5) is 11.4 Å². The maximum Gasteiger partial charge on any atom is 0.252 e. The van der Waals surface area contributed by atoms with Crippen molar-refractivity contribution in [1.29, 1.82) is 0 Å². The average molecular weight is 419 g/mol. The Morgan fingerprint density at radius 1 is 1.06 bits per heavy atom. The molecule has 0 saturated heterocycles. The lowest BCUT2D eigenvalue weighted by Gasteiger charge is -2.21. The Hall–Kier alpha value is -3.38. The largest absolute Gasteiger partial charge is 0.497 e. The van der Waals surface area contributed by atoms with Crippen LogP contribution in [0.5, 0.6) is 5.75 Å². The second-order valence-electron chi connectivity index (χ2n) is 7.33. The van der Waals surface area contributed by atoms with Crippen LogP contribution in [0.1, 0.15) is 35.7 Å². The number of methoxy groups -OCH3 is 1. The number of carbonyl (C=O) groups excluding carboxylic acids is 1. The van der Waals surface area contributed by atoms with Crippen molar-refractivity contribution >= 4 is 17.3 Å². The number of pyridine rings is 1. The third-order valence-corrected chi connectivity index (χ3v) is 4.90. The van der Waals surface area contributed by atoms with E-state index < -0.39 is 0 Å². The van der Waals surface area contributed by atoms with Crippen LogP contribution in [0.15, 0.2) is 73.1 Å². The lowest BCUT2D eigenvalue weighted by Crippen LogP contribution is -2.47. The number of nitrogens with zero attached hydrogens (tertiary/aromatic N) is 1. The van der Waals surface area contributed by atoms with Gasteiger partial charge in [-0.1, -0.05) is 25.5 Å². The van der Waals surface area contributed by atoms with Crippen LogP contribution in [-0.2, 0) is 6.42 Å². The van der Waals surface area contributed by atoms with Gasteiger partial charge in [-0.25, -0.2) is 0 Å². The van der Waals surface area contributed by atoms with E-state index in [4.69, 9.17) is 4.74 Å². The molecule has 2 aromatic carbocycles. The van der Waals surface area contributed by atoms with Gasteiger partial charge in [0.2, 0.25) is 0 Å². The van der Waals surface area contributed by atoms with Gasteiger partial charge in [0.25, 0.3) is 5.91 Å². The quantitative estimate of drug-likeness (QED) is 0.315. The molecule has 0 aliphatic heterocycles. The normalized spacial score (nSPS) is 11.5. The highest BCUT2D eigenvalue weighted by Crippen LogP contribution is 2.17. The Labute approximate surface area is 184 Å². The summed E-state index contributed by atoms with van der Waals surface area (Å²) in [5, 5.41) is 9.86. The molecule has 0 fully saturated rings. The van der Waals surface area contributed by atoms with Crippen LogP contribution in [0.3, 0.4) is 0 Å². The van der Waals surface area contributed by atoms with E-state index in [0.29, 0.717) is 12.0 Å². The zero-order valence-electron chi connectivity index (χ0n) is 18.1. The Bertz CT molecular complexity index is 945. The Morgan fingerprint density at radius 2 is 1.90 bits per heavy atom. The molecular formula is C25H30N4O2. The Balaban J connectivity index is 1.64. The topological polar surface area (TPSA) is 75.3 Å². The third kappa shape index (κ3) is 7.12. The van der Waals surface area contributed by atoms with Gasteiger partial charge in [-0.2, -0.15) is 0 Å². The molecule has 3 rings (SSSR count). The maximum atomic E-state index is 12.9. The van der Waals surface area contributed by atoms with Crippen molar-refractivity contribution < 1.29 is 9.53 Å². The fraction of sp³-hybridized carbons (Fsp3) is 0.280. The summed E-state index contributed by atoms with van der Waals surface area (Å²) < 4.78 is 5.32. The van der Waals surface area contributed by atoms with Crippen LogP contribution in [0, 0.1) is 0 Å². The molecule has 3 aromatic rings. The van der Waals surface area contributed by atoms with E-state index in [0.717, 1.165) is 42.1 Å². The first-order valence-corrected chi connectivity index (χ1v) is 10.6. The number of nitrogens with one attached hydrogen (secondary N) is 3. The predicted molar refractivity (Wildman–Crippen MR) is 125 cm³/mol. The molecule has 1 heterocycles. The van der Waals surface area contributed by atoms with Crippen molar-refractivity contribution in [3.05, 3.63) is 84.2 Å². The number of rotatable bonds is 11. The summed E-state index contributed by atoms with van der Waals surface area (Å²) in [7, 11) is 1.66. The summed E-state index contributed by atoms with van der Waals surface area (Å²) in [6.45, 7) is 3.00. The molecule has 1 atom stereocenters. The number of aromatic nitrogens is 1. The Morgan fingerprint density at radius 3 is 2.61 bits per heavy atom. The van der Waals surface area contributed by atoms with Gasteiger partial charge in [0.05, 0.1) is 25.2 Å². The van der Waals surface area contributed by atoms with Crippen molar-refractivity contribution in [2.24, 2.45) is 0 Å². The second-order valence-corrected chi connectivity index (χ2v) is 7.33. The fourth-order valence-corrected chi connectivity index (χ4v) is 3.21. The van der Waals surface area contributed by atoms with Gasteiger partial charge in [-0.3, -0.25) is 15.1 Å². The standard InChI is InChI=1S/C25H30N4O2/c1-3-4-15-27-24(17-19-7-5-9-23(16-19)31-2)29-25(30)20-10-12-21(13-11-20)28-22-8-6-14-26-18-22/h5-14,16,18,24,27-28H,3-4,15,17H2,1-2H3,(H,29,30)/t24-/m1/s1. The van der Waals surface area contributed by atoms with Gasteiger partial charge < -0.3 is 15.4 Å². The van der Waals surface area contributed by atoms with Crippen molar-refractivity contribution in [2.45, 2.75) is 32.4 Å². The maximum absolute atomic E-state index is 12.9. The molecule has 0 aliphatic carbocycles. The first-order chi connectivity index (χ1) is 15.2. The molecule has 0 bridgehead atoms. The van der Waals surface area contributed by atoms with Crippen molar-refractivity contribution in [2.75, 3.05) is 19.0 Å². The molecule has 0 spiro atoms. The van der Waals surface area contributed by atoms with E-state index in [1.165, 1.54) is 0 Å². The molecule has 1 aromatic heterocycles. The average Bonchev–Trinajstić information content (AvgIpc) is 2.80. The van der Waals surface area contributed by atoms with E-state index >= 15 is 0 Å². The molecule has 6 heteroatoms. The van der Waals surface area contributed by atoms with Gasteiger partial charge in [0.15, 0.2) is 0 Å². The number of anilines is 2. The molecule has 6 nitrogen and oxygen atoms in total. The molecule has 1 amide bonds. The zero-order valence-corrected chi connectivity index (χ0v) is 18.1. The van der Waals surface area contributed by atoms with Gasteiger partial charge >= 0.3 is 0 Å². The number of amides is 1. The molecule has 0 radical (unpaired) electrons. The highest BCUT2D eigenvalue weighted by molar-refractivity contribution is 5.94. The van der Waals surface area contributed by atoms with Crippen LogP contribution in [-0.4, -0.2) is 30.7 Å². The smallest absolute Gasteiger partial charge is 0.252 e. The van der Waals surface area contributed by atoms with Gasteiger partial charge in [-0.05, 0) is 67.1 Å². The summed E-state index contributed by atoms with van der Waals surface area (Å²) in [5.74, 6) is 0.706. The van der Waals surface area contributed by atoms with Gasteiger partial charge in [-0.15, -0.1) is 0 Å². The summed E-state index contributed by atoms with van der Waals surface area (Å²) in [5.41, 5.74) is 3.52. The van der Waals surface area contributed by atoms with E-state index in [1.54, 1.807) is 19.5 Å². The van der Waals surface area contributed by atoms with Crippen molar-refractivity contribution in [3.8, 4) is 5.75 Å². The minimum absolute atomic E-state index is 0.107. The van der Waals surface area contributed by atoms with E-state index in [-0.39, 0.29) is 12.1 Å². The van der Waals surface area contributed by atoms with E-state index in [9.17, 15) is 4.79 Å². The fourth-order valence-electron chi connectivity index (χ4n) is 3.21. The minimum atomic E-state index is -0.167.